The highest BCUT2D eigenvalue weighted by molar-refractivity contribution is 5.71. The smallest absolute Gasteiger partial charge is 0.160 e. The number of pyridine rings is 1. The molecule has 0 aromatic carbocycles. The van der Waals surface area contributed by atoms with Gasteiger partial charge in [0, 0.05) is 25.3 Å². The fraction of sp³-hybridized carbons (Fsp3) is 0.600. The first kappa shape index (κ1) is 12.3. The van der Waals surface area contributed by atoms with Gasteiger partial charge in [0.05, 0.1) is 12.6 Å². The van der Waals surface area contributed by atoms with Gasteiger partial charge in [0.25, 0.3) is 0 Å². The van der Waals surface area contributed by atoms with Gasteiger partial charge in [-0.25, -0.2) is 9.97 Å². The minimum atomic E-state index is 0.388. The van der Waals surface area contributed by atoms with Crippen LogP contribution in [0.25, 0.3) is 11.2 Å². The predicted molar refractivity (Wildman–Crippen MR) is 76.8 cm³/mol. The second kappa shape index (κ2) is 5.14. The molecule has 2 aliphatic rings. The maximum atomic E-state index is 5.68. The molecule has 2 atom stereocenters. The van der Waals surface area contributed by atoms with Crippen LogP contribution < -0.4 is 5.32 Å². The van der Waals surface area contributed by atoms with E-state index in [0.29, 0.717) is 12.0 Å². The van der Waals surface area contributed by atoms with Gasteiger partial charge < -0.3 is 14.6 Å². The molecule has 0 bridgehead atoms. The molecule has 0 aliphatic carbocycles. The lowest BCUT2D eigenvalue weighted by atomic mass is 10.1. The molecule has 0 radical (unpaired) electrons. The van der Waals surface area contributed by atoms with Crippen LogP contribution in [0.5, 0.6) is 0 Å². The zero-order valence-corrected chi connectivity index (χ0v) is 11.6. The van der Waals surface area contributed by atoms with Gasteiger partial charge in [-0.3, -0.25) is 0 Å². The Balaban J connectivity index is 1.83. The van der Waals surface area contributed by atoms with Crippen LogP contribution in [0, 0.1) is 0 Å². The van der Waals surface area contributed by atoms with Crippen molar-refractivity contribution in [3.05, 3.63) is 24.2 Å². The Morgan fingerprint density at radius 3 is 3.15 bits per heavy atom. The first-order valence-corrected chi connectivity index (χ1v) is 7.55. The van der Waals surface area contributed by atoms with E-state index in [0.717, 1.165) is 56.7 Å². The minimum Gasteiger partial charge on any atom is -0.379 e. The summed E-state index contributed by atoms with van der Waals surface area (Å²) in [6.07, 6.45) is 5.31. The molecule has 0 spiro atoms. The van der Waals surface area contributed by atoms with Crippen molar-refractivity contribution in [2.45, 2.75) is 31.2 Å². The van der Waals surface area contributed by atoms with E-state index in [9.17, 15) is 0 Å². The Bertz CT molecular complexity index is 597. The highest BCUT2D eigenvalue weighted by atomic mass is 16.5. The Morgan fingerprint density at radius 1 is 1.35 bits per heavy atom. The molecule has 2 aromatic heterocycles. The molecule has 0 saturated carbocycles. The van der Waals surface area contributed by atoms with Crippen molar-refractivity contribution in [1.29, 1.82) is 0 Å². The van der Waals surface area contributed by atoms with E-state index < -0.39 is 0 Å². The minimum absolute atomic E-state index is 0.388. The fourth-order valence-corrected chi connectivity index (χ4v) is 3.40. The third-order valence-electron chi connectivity index (χ3n) is 4.40. The van der Waals surface area contributed by atoms with Crippen molar-refractivity contribution in [3.63, 3.8) is 0 Å². The lowest BCUT2D eigenvalue weighted by molar-refractivity contribution is 0.0590. The standard InChI is InChI=1S/C15H20N4O/c1-4-13-15(17-6-1)19(12-3-2-8-20-10-12)14(18-13)11-5-7-16-9-11/h1,4,6,11-12,16H,2-3,5,7-10H2. The lowest BCUT2D eigenvalue weighted by Crippen LogP contribution is -2.24. The molecule has 0 amide bonds. The van der Waals surface area contributed by atoms with Gasteiger partial charge in [0.1, 0.15) is 11.3 Å². The van der Waals surface area contributed by atoms with Crippen molar-refractivity contribution in [3.8, 4) is 0 Å². The molecular weight excluding hydrogens is 252 g/mol. The number of hydrogen-bond acceptors (Lipinski definition) is 4. The molecule has 4 heterocycles. The molecule has 4 rings (SSSR count). The number of aromatic nitrogens is 3. The quantitative estimate of drug-likeness (QED) is 0.906. The van der Waals surface area contributed by atoms with Gasteiger partial charge in [-0.1, -0.05) is 0 Å². The van der Waals surface area contributed by atoms with Crippen LogP contribution in [0.15, 0.2) is 18.3 Å². The summed E-state index contributed by atoms with van der Waals surface area (Å²) in [5, 5.41) is 3.44. The lowest BCUT2D eigenvalue weighted by Gasteiger charge is -2.26. The highest BCUT2D eigenvalue weighted by Gasteiger charge is 2.28. The van der Waals surface area contributed by atoms with Crippen molar-refractivity contribution < 1.29 is 4.74 Å². The fourth-order valence-electron chi connectivity index (χ4n) is 3.40. The number of ether oxygens (including phenoxy) is 1. The molecular formula is C15H20N4O. The number of hydrogen-bond donors (Lipinski definition) is 1. The summed E-state index contributed by atoms with van der Waals surface area (Å²) in [4.78, 5) is 9.45. The molecule has 2 aliphatic heterocycles. The van der Waals surface area contributed by atoms with Gasteiger partial charge in [-0.05, 0) is 37.9 Å². The summed E-state index contributed by atoms with van der Waals surface area (Å²) in [5.74, 6) is 1.70. The third-order valence-corrected chi connectivity index (χ3v) is 4.40. The van der Waals surface area contributed by atoms with Gasteiger partial charge in [-0.2, -0.15) is 0 Å². The predicted octanol–water partition coefficient (Wildman–Crippen LogP) is 1.86. The summed E-state index contributed by atoms with van der Waals surface area (Å²) in [6, 6.07) is 4.42. The summed E-state index contributed by atoms with van der Waals surface area (Å²) < 4.78 is 8.03. The van der Waals surface area contributed by atoms with Crippen LogP contribution in [0.1, 0.15) is 37.0 Å². The maximum absolute atomic E-state index is 5.68. The van der Waals surface area contributed by atoms with E-state index in [1.165, 1.54) is 5.82 Å². The van der Waals surface area contributed by atoms with Gasteiger partial charge in [-0.15, -0.1) is 0 Å². The first-order valence-electron chi connectivity index (χ1n) is 7.55. The molecule has 20 heavy (non-hydrogen) atoms. The molecule has 5 heteroatoms. The van der Waals surface area contributed by atoms with Crippen LogP contribution in [0.4, 0.5) is 0 Å². The monoisotopic (exact) mass is 272 g/mol. The van der Waals surface area contributed by atoms with Gasteiger partial charge in [0.2, 0.25) is 0 Å². The first-order chi connectivity index (χ1) is 9.93. The van der Waals surface area contributed by atoms with E-state index in [1.54, 1.807) is 0 Å². The number of nitrogens with zero attached hydrogens (tertiary/aromatic N) is 3. The second-order valence-corrected chi connectivity index (χ2v) is 5.75. The van der Waals surface area contributed by atoms with Crippen LogP contribution in [0.3, 0.4) is 0 Å². The summed E-state index contributed by atoms with van der Waals surface area (Å²) in [5.41, 5.74) is 2.03. The van der Waals surface area contributed by atoms with E-state index in [2.05, 4.69) is 20.9 Å². The Hall–Kier alpha value is -1.46. The highest BCUT2D eigenvalue weighted by Crippen LogP contribution is 2.31. The van der Waals surface area contributed by atoms with Crippen molar-refractivity contribution in [2.75, 3.05) is 26.3 Å². The average molecular weight is 272 g/mol. The van der Waals surface area contributed by atoms with E-state index in [1.807, 2.05) is 12.3 Å². The zero-order valence-electron chi connectivity index (χ0n) is 11.6. The molecule has 2 unspecified atom stereocenters. The average Bonchev–Trinajstić information content (AvgIpc) is 3.15. The van der Waals surface area contributed by atoms with E-state index in [-0.39, 0.29) is 0 Å². The van der Waals surface area contributed by atoms with Gasteiger partial charge in [0.15, 0.2) is 5.65 Å². The van der Waals surface area contributed by atoms with Crippen molar-refractivity contribution in [1.82, 2.24) is 19.9 Å². The van der Waals surface area contributed by atoms with Crippen LogP contribution in [0.2, 0.25) is 0 Å². The van der Waals surface area contributed by atoms with Gasteiger partial charge >= 0.3 is 0 Å². The van der Waals surface area contributed by atoms with Crippen molar-refractivity contribution in [2.24, 2.45) is 0 Å². The number of rotatable bonds is 2. The Morgan fingerprint density at radius 2 is 2.35 bits per heavy atom. The molecule has 2 fully saturated rings. The normalized spacial score (nSPS) is 27.2. The SMILES string of the molecule is c1cnc2c(c1)nc(C1CCNC1)n2C1CCCOC1. The maximum Gasteiger partial charge on any atom is 0.160 e. The van der Waals surface area contributed by atoms with E-state index >= 15 is 0 Å². The Labute approximate surface area is 118 Å². The summed E-state index contributed by atoms with van der Waals surface area (Å²) in [6.45, 7) is 3.78. The van der Waals surface area contributed by atoms with Crippen LogP contribution in [-0.2, 0) is 4.74 Å². The molecule has 106 valence electrons. The summed E-state index contributed by atoms with van der Waals surface area (Å²) in [7, 11) is 0. The second-order valence-electron chi connectivity index (χ2n) is 5.75. The largest absolute Gasteiger partial charge is 0.379 e. The zero-order chi connectivity index (χ0) is 13.4. The van der Waals surface area contributed by atoms with Crippen molar-refractivity contribution >= 4 is 11.2 Å². The topological polar surface area (TPSA) is 52.0 Å². The molecule has 2 aromatic rings. The van der Waals surface area contributed by atoms with E-state index in [4.69, 9.17) is 9.72 Å². The molecule has 1 N–H and O–H groups in total. The third kappa shape index (κ3) is 2.01. The summed E-state index contributed by atoms with van der Waals surface area (Å²) >= 11 is 0. The van der Waals surface area contributed by atoms with Crippen LogP contribution >= 0.6 is 0 Å². The molecule has 5 nitrogen and oxygen atoms in total. The number of fused-ring (bicyclic) bond motifs is 1. The van der Waals surface area contributed by atoms with Crippen LogP contribution in [-0.4, -0.2) is 40.8 Å². The number of imidazole rings is 1. The number of nitrogens with one attached hydrogen (secondary N) is 1. The Kier molecular flexibility index (Phi) is 3.16. The molecule has 2 saturated heterocycles.